The zero-order chi connectivity index (χ0) is 11.3. The monoisotopic (exact) mass is 209 g/mol. The molecule has 15 heavy (non-hydrogen) atoms. The second-order valence-electron chi connectivity index (χ2n) is 3.99. The Balaban J connectivity index is 2.86. The molecule has 0 fully saturated rings. The maximum absolute atomic E-state index is 4.25. The second-order valence-corrected chi connectivity index (χ2v) is 3.99. The molecule has 3 nitrogen and oxygen atoms in total. The number of rotatable bonds is 6. The molecule has 0 saturated carbocycles. The SMILES string of the molecule is CCNC(c1ccnn1C)C(CC)CC. The molecule has 3 heteroatoms. The Morgan fingerprint density at radius 2 is 2.00 bits per heavy atom. The van der Waals surface area contributed by atoms with Crippen molar-refractivity contribution in [1.29, 1.82) is 0 Å². The first-order valence-corrected chi connectivity index (χ1v) is 5.95. The lowest BCUT2D eigenvalue weighted by atomic mass is 9.92. The minimum atomic E-state index is 0.442. The van der Waals surface area contributed by atoms with E-state index in [0.717, 1.165) is 6.54 Å². The lowest BCUT2D eigenvalue weighted by Crippen LogP contribution is -2.29. The molecular formula is C12H23N3. The van der Waals surface area contributed by atoms with Crippen molar-refractivity contribution >= 4 is 0 Å². The fourth-order valence-electron chi connectivity index (χ4n) is 2.18. The van der Waals surface area contributed by atoms with Crippen LogP contribution >= 0.6 is 0 Å². The van der Waals surface area contributed by atoms with E-state index < -0.39 is 0 Å². The number of aromatic nitrogens is 2. The van der Waals surface area contributed by atoms with Crippen molar-refractivity contribution in [2.75, 3.05) is 6.54 Å². The third-order valence-corrected chi connectivity index (χ3v) is 3.12. The molecule has 86 valence electrons. The van der Waals surface area contributed by atoms with Crippen molar-refractivity contribution in [2.45, 2.75) is 39.7 Å². The summed E-state index contributed by atoms with van der Waals surface area (Å²) < 4.78 is 1.98. The van der Waals surface area contributed by atoms with Crippen molar-refractivity contribution in [3.8, 4) is 0 Å². The van der Waals surface area contributed by atoms with Crippen molar-refractivity contribution in [3.05, 3.63) is 18.0 Å². The molecule has 0 bridgehead atoms. The maximum Gasteiger partial charge on any atom is 0.0553 e. The predicted molar refractivity (Wildman–Crippen MR) is 63.7 cm³/mol. The van der Waals surface area contributed by atoms with E-state index >= 15 is 0 Å². The summed E-state index contributed by atoms with van der Waals surface area (Å²) in [6, 6.07) is 2.56. The van der Waals surface area contributed by atoms with Crippen LogP contribution in [-0.2, 0) is 7.05 Å². The zero-order valence-electron chi connectivity index (χ0n) is 10.3. The molecule has 1 atom stereocenters. The van der Waals surface area contributed by atoms with E-state index in [1.807, 2.05) is 17.9 Å². The lowest BCUT2D eigenvalue weighted by molar-refractivity contribution is 0.331. The Hall–Kier alpha value is -0.830. The smallest absolute Gasteiger partial charge is 0.0553 e. The molecule has 0 aliphatic rings. The molecule has 1 N–H and O–H groups in total. The van der Waals surface area contributed by atoms with Crippen LogP contribution in [0.2, 0.25) is 0 Å². The van der Waals surface area contributed by atoms with Crippen molar-refractivity contribution in [1.82, 2.24) is 15.1 Å². The molecule has 0 aliphatic heterocycles. The molecule has 1 aromatic heterocycles. The Labute approximate surface area is 92.9 Å². The molecule has 0 radical (unpaired) electrons. The first-order valence-electron chi connectivity index (χ1n) is 5.95. The van der Waals surface area contributed by atoms with Gasteiger partial charge in [0.15, 0.2) is 0 Å². The summed E-state index contributed by atoms with van der Waals surface area (Å²) in [7, 11) is 2.02. The van der Waals surface area contributed by atoms with Crippen LogP contribution in [-0.4, -0.2) is 16.3 Å². The van der Waals surface area contributed by atoms with Gasteiger partial charge in [-0.2, -0.15) is 5.10 Å². The van der Waals surface area contributed by atoms with Crippen LogP contribution in [0.25, 0.3) is 0 Å². The number of hydrogen-bond acceptors (Lipinski definition) is 2. The van der Waals surface area contributed by atoms with Crippen LogP contribution < -0.4 is 5.32 Å². The van der Waals surface area contributed by atoms with E-state index in [1.165, 1.54) is 18.5 Å². The molecule has 1 unspecified atom stereocenters. The van der Waals surface area contributed by atoms with Gasteiger partial charge in [-0.15, -0.1) is 0 Å². The molecule has 0 aromatic carbocycles. The molecule has 1 heterocycles. The summed E-state index contributed by atoms with van der Waals surface area (Å²) in [6.45, 7) is 7.68. The summed E-state index contributed by atoms with van der Waals surface area (Å²) in [5.74, 6) is 0.695. The fraction of sp³-hybridized carbons (Fsp3) is 0.750. The normalized spacial score (nSPS) is 13.4. The quantitative estimate of drug-likeness (QED) is 0.780. The highest BCUT2D eigenvalue weighted by molar-refractivity contribution is 5.08. The van der Waals surface area contributed by atoms with Crippen molar-refractivity contribution < 1.29 is 0 Å². The topological polar surface area (TPSA) is 29.9 Å². The van der Waals surface area contributed by atoms with Crippen LogP contribution in [0.5, 0.6) is 0 Å². The largest absolute Gasteiger partial charge is 0.309 e. The van der Waals surface area contributed by atoms with Crippen molar-refractivity contribution in [2.24, 2.45) is 13.0 Å². The number of nitrogens with zero attached hydrogens (tertiary/aromatic N) is 2. The summed E-state index contributed by atoms with van der Waals surface area (Å²) in [5, 5.41) is 7.81. The van der Waals surface area contributed by atoms with Gasteiger partial charge in [-0.05, 0) is 18.5 Å². The average Bonchev–Trinajstić information content (AvgIpc) is 2.65. The van der Waals surface area contributed by atoms with Gasteiger partial charge in [0.25, 0.3) is 0 Å². The van der Waals surface area contributed by atoms with Gasteiger partial charge in [0.1, 0.15) is 0 Å². The minimum absolute atomic E-state index is 0.442. The highest BCUT2D eigenvalue weighted by Crippen LogP contribution is 2.26. The molecule has 0 spiro atoms. The standard InChI is InChI=1S/C12H23N3/c1-5-10(6-2)12(13-7-3)11-8-9-14-15(11)4/h8-10,12-13H,5-7H2,1-4H3. The zero-order valence-corrected chi connectivity index (χ0v) is 10.3. The molecule has 0 saturated heterocycles. The van der Waals surface area contributed by atoms with Crippen LogP contribution in [0.3, 0.4) is 0 Å². The van der Waals surface area contributed by atoms with Gasteiger partial charge in [-0.3, -0.25) is 4.68 Å². The molecular weight excluding hydrogens is 186 g/mol. The molecule has 0 aliphatic carbocycles. The van der Waals surface area contributed by atoms with Gasteiger partial charge in [-0.1, -0.05) is 33.6 Å². The van der Waals surface area contributed by atoms with Crippen LogP contribution in [0.1, 0.15) is 45.3 Å². The summed E-state index contributed by atoms with van der Waals surface area (Å²) in [4.78, 5) is 0. The summed E-state index contributed by atoms with van der Waals surface area (Å²) in [6.07, 6.45) is 4.29. The third-order valence-electron chi connectivity index (χ3n) is 3.12. The lowest BCUT2D eigenvalue weighted by Gasteiger charge is -2.26. The van der Waals surface area contributed by atoms with Gasteiger partial charge in [0.05, 0.1) is 11.7 Å². The highest BCUT2D eigenvalue weighted by Gasteiger charge is 2.21. The Bertz CT molecular complexity index is 276. The highest BCUT2D eigenvalue weighted by atomic mass is 15.3. The van der Waals surface area contributed by atoms with E-state index in [1.54, 1.807) is 0 Å². The van der Waals surface area contributed by atoms with E-state index in [-0.39, 0.29) is 0 Å². The van der Waals surface area contributed by atoms with Crippen LogP contribution in [0, 0.1) is 5.92 Å². The van der Waals surface area contributed by atoms with Gasteiger partial charge in [0, 0.05) is 13.2 Å². The molecule has 1 rings (SSSR count). The Morgan fingerprint density at radius 3 is 2.40 bits per heavy atom. The summed E-state index contributed by atoms with van der Waals surface area (Å²) in [5.41, 5.74) is 1.30. The number of nitrogens with one attached hydrogen (secondary N) is 1. The van der Waals surface area contributed by atoms with Gasteiger partial charge in [-0.25, -0.2) is 0 Å². The number of aryl methyl sites for hydroxylation is 1. The second kappa shape index (κ2) is 5.91. The molecule has 1 aromatic rings. The molecule has 0 amide bonds. The van der Waals surface area contributed by atoms with Gasteiger partial charge >= 0.3 is 0 Å². The Kier molecular flexibility index (Phi) is 4.82. The fourth-order valence-corrected chi connectivity index (χ4v) is 2.18. The van der Waals surface area contributed by atoms with E-state index in [4.69, 9.17) is 0 Å². The van der Waals surface area contributed by atoms with Crippen LogP contribution in [0.4, 0.5) is 0 Å². The van der Waals surface area contributed by atoms with E-state index in [2.05, 4.69) is 37.3 Å². The average molecular weight is 209 g/mol. The summed E-state index contributed by atoms with van der Waals surface area (Å²) >= 11 is 0. The minimum Gasteiger partial charge on any atom is -0.309 e. The first kappa shape index (κ1) is 12.2. The van der Waals surface area contributed by atoms with E-state index in [0.29, 0.717) is 12.0 Å². The third kappa shape index (κ3) is 2.81. The first-order chi connectivity index (χ1) is 7.24. The van der Waals surface area contributed by atoms with Gasteiger partial charge < -0.3 is 5.32 Å². The van der Waals surface area contributed by atoms with Gasteiger partial charge in [0.2, 0.25) is 0 Å². The Morgan fingerprint density at radius 1 is 1.33 bits per heavy atom. The van der Waals surface area contributed by atoms with E-state index in [9.17, 15) is 0 Å². The maximum atomic E-state index is 4.25. The number of hydrogen-bond donors (Lipinski definition) is 1. The predicted octanol–water partition coefficient (Wildman–Crippen LogP) is 2.51. The van der Waals surface area contributed by atoms with Crippen molar-refractivity contribution in [3.63, 3.8) is 0 Å². The van der Waals surface area contributed by atoms with Crippen LogP contribution in [0.15, 0.2) is 12.3 Å².